The van der Waals surface area contributed by atoms with Gasteiger partial charge in [-0.25, -0.2) is 0 Å². The highest BCUT2D eigenvalue weighted by atomic mass is 35.5. The van der Waals surface area contributed by atoms with Crippen molar-refractivity contribution in [2.45, 2.75) is 12.7 Å². The van der Waals surface area contributed by atoms with Crippen LogP contribution in [0, 0.1) is 0 Å². The van der Waals surface area contributed by atoms with E-state index in [2.05, 4.69) is 5.32 Å². The summed E-state index contributed by atoms with van der Waals surface area (Å²) in [5, 5.41) is 12.9. The molecule has 0 spiro atoms. The molecule has 6 heteroatoms. The summed E-state index contributed by atoms with van der Waals surface area (Å²) in [5.41, 5.74) is 0.392. The van der Waals surface area contributed by atoms with Crippen molar-refractivity contribution in [1.29, 1.82) is 0 Å². The van der Waals surface area contributed by atoms with E-state index in [9.17, 15) is 18.3 Å². The fraction of sp³-hybridized carbons (Fsp3) is 0.143. The van der Waals surface area contributed by atoms with Gasteiger partial charge in [-0.2, -0.15) is 13.2 Å². The molecule has 0 heterocycles. The molecule has 0 aromatic heterocycles. The fourth-order valence-electron chi connectivity index (χ4n) is 1.68. The highest BCUT2D eigenvalue weighted by Crippen LogP contribution is 2.30. The first-order valence-corrected chi connectivity index (χ1v) is 6.13. The average Bonchev–Trinajstić information content (AvgIpc) is 2.40. The minimum Gasteiger partial charge on any atom is -0.506 e. The third-order valence-electron chi connectivity index (χ3n) is 2.77. The molecule has 0 radical (unpaired) electrons. The molecule has 20 heavy (non-hydrogen) atoms. The monoisotopic (exact) mass is 301 g/mol. The number of hydrogen-bond acceptors (Lipinski definition) is 2. The van der Waals surface area contributed by atoms with Crippen LogP contribution in [-0.2, 0) is 12.7 Å². The van der Waals surface area contributed by atoms with Crippen LogP contribution in [0.4, 0.5) is 18.9 Å². The van der Waals surface area contributed by atoms with Gasteiger partial charge in [0.2, 0.25) is 0 Å². The third kappa shape index (κ3) is 3.36. The Morgan fingerprint density at radius 3 is 2.30 bits per heavy atom. The van der Waals surface area contributed by atoms with Crippen molar-refractivity contribution in [3.8, 4) is 5.75 Å². The van der Waals surface area contributed by atoms with E-state index in [1.165, 1.54) is 12.1 Å². The van der Waals surface area contributed by atoms with Gasteiger partial charge in [-0.3, -0.25) is 0 Å². The van der Waals surface area contributed by atoms with Gasteiger partial charge in [0.25, 0.3) is 0 Å². The zero-order valence-corrected chi connectivity index (χ0v) is 11.0. The number of rotatable bonds is 3. The van der Waals surface area contributed by atoms with E-state index in [0.717, 1.165) is 12.1 Å². The van der Waals surface area contributed by atoms with Gasteiger partial charge < -0.3 is 10.4 Å². The summed E-state index contributed by atoms with van der Waals surface area (Å²) in [5.74, 6) is -0.0337. The lowest BCUT2D eigenvalue weighted by atomic mass is 10.1. The molecule has 106 valence electrons. The van der Waals surface area contributed by atoms with Crippen LogP contribution in [0.1, 0.15) is 11.1 Å². The van der Waals surface area contributed by atoms with Crippen molar-refractivity contribution in [3.63, 3.8) is 0 Å². The lowest BCUT2D eigenvalue weighted by Gasteiger charge is -2.11. The van der Waals surface area contributed by atoms with E-state index in [1.54, 1.807) is 18.2 Å². The van der Waals surface area contributed by atoms with Gasteiger partial charge in [0.05, 0.1) is 10.6 Å². The molecule has 2 rings (SSSR count). The standard InChI is InChI=1S/C14H11ClF3NO/c15-12-3-1-2-9(13(12)20)8-19-11-6-4-10(5-7-11)14(16,17)18/h1-7,19-20H,8H2. The number of hydrogen-bond donors (Lipinski definition) is 2. The van der Waals surface area contributed by atoms with Crippen LogP contribution in [-0.4, -0.2) is 5.11 Å². The van der Waals surface area contributed by atoms with Crippen LogP contribution in [0.2, 0.25) is 5.02 Å². The second-order valence-corrected chi connectivity index (χ2v) is 4.58. The Bertz CT molecular complexity index is 596. The SMILES string of the molecule is Oc1c(Cl)cccc1CNc1ccc(C(F)(F)F)cc1. The topological polar surface area (TPSA) is 32.3 Å². The number of phenolic OH excluding ortho intramolecular Hbond substituents is 1. The van der Waals surface area contributed by atoms with E-state index in [0.29, 0.717) is 11.3 Å². The van der Waals surface area contributed by atoms with Crippen molar-refractivity contribution >= 4 is 17.3 Å². The lowest BCUT2D eigenvalue weighted by molar-refractivity contribution is -0.137. The van der Waals surface area contributed by atoms with Crippen LogP contribution >= 0.6 is 11.6 Å². The summed E-state index contributed by atoms with van der Waals surface area (Å²) < 4.78 is 37.2. The Hall–Kier alpha value is -1.88. The maximum absolute atomic E-state index is 12.4. The minimum atomic E-state index is -4.34. The molecule has 0 fully saturated rings. The molecule has 0 aliphatic carbocycles. The maximum atomic E-state index is 12.4. The Balaban J connectivity index is 2.06. The summed E-state index contributed by atoms with van der Waals surface area (Å²) >= 11 is 5.76. The summed E-state index contributed by atoms with van der Waals surface area (Å²) in [7, 11) is 0. The first kappa shape index (κ1) is 14.5. The van der Waals surface area contributed by atoms with E-state index in [4.69, 9.17) is 11.6 Å². The van der Waals surface area contributed by atoms with Crippen LogP contribution in [0.25, 0.3) is 0 Å². The molecular formula is C14H11ClF3NO. The van der Waals surface area contributed by atoms with Gasteiger partial charge in [-0.15, -0.1) is 0 Å². The summed E-state index contributed by atoms with van der Waals surface area (Å²) in [4.78, 5) is 0. The Labute approximate surface area is 118 Å². The van der Waals surface area contributed by atoms with Crippen molar-refractivity contribution in [2.75, 3.05) is 5.32 Å². The molecule has 0 saturated carbocycles. The summed E-state index contributed by atoms with van der Waals surface area (Å²) in [6.45, 7) is 0.262. The molecule has 2 nitrogen and oxygen atoms in total. The second-order valence-electron chi connectivity index (χ2n) is 4.18. The van der Waals surface area contributed by atoms with Crippen LogP contribution in [0.15, 0.2) is 42.5 Å². The van der Waals surface area contributed by atoms with Crippen LogP contribution in [0.5, 0.6) is 5.75 Å². The highest BCUT2D eigenvalue weighted by Gasteiger charge is 2.29. The predicted octanol–water partition coefficient (Wildman–Crippen LogP) is 4.68. The van der Waals surface area contributed by atoms with Gasteiger partial charge in [0.1, 0.15) is 5.75 Å². The van der Waals surface area contributed by atoms with Gasteiger partial charge >= 0.3 is 6.18 Å². The number of nitrogens with one attached hydrogen (secondary N) is 1. The maximum Gasteiger partial charge on any atom is 0.416 e. The molecule has 2 aromatic carbocycles. The van der Waals surface area contributed by atoms with E-state index >= 15 is 0 Å². The van der Waals surface area contributed by atoms with Crippen molar-refractivity contribution in [3.05, 3.63) is 58.6 Å². The van der Waals surface area contributed by atoms with Crippen LogP contribution < -0.4 is 5.32 Å². The quantitative estimate of drug-likeness (QED) is 0.863. The van der Waals surface area contributed by atoms with Gasteiger partial charge in [-0.1, -0.05) is 23.7 Å². The third-order valence-corrected chi connectivity index (χ3v) is 3.07. The van der Waals surface area contributed by atoms with Crippen molar-refractivity contribution < 1.29 is 18.3 Å². The Kier molecular flexibility index (Phi) is 4.09. The number of halogens is 4. The molecule has 2 N–H and O–H groups in total. The zero-order chi connectivity index (χ0) is 14.8. The first-order valence-electron chi connectivity index (χ1n) is 5.75. The summed E-state index contributed by atoms with van der Waals surface area (Å²) in [6, 6.07) is 9.60. The number of anilines is 1. The number of benzene rings is 2. The molecule has 0 unspecified atom stereocenters. The molecule has 0 aliphatic heterocycles. The van der Waals surface area contributed by atoms with Crippen LogP contribution in [0.3, 0.4) is 0 Å². The van der Waals surface area contributed by atoms with E-state index < -0.39 is 11.7 Å². The Morgan fingerprint density at radius 2 is 1.70 bits per heavy atom. The molecule has 0 atom stereocenters. The minimum absolute atomic E-state index is 0.0337. The average molecular weight is 302 g/mol. The van der Waals surface area contributed by atoms with Gasteiger partial charge in [0, 0.05) is 17.8 Å². The van der Waals surface area contributed by atoms with Crippen molar-refractivity contribution in [2.24, 2.45) is 0 Å². The zero-order valence-electron chi connectivity index (χ0n) is 10.2. The normalized spacial score (nSPS) is 11.4. The number of phenols is 1. The molecule has 0 amide bonds. The first-order chi connectivity index (χ1) is 9.38. The second kappa shape index (κ2) is 5.63. The van der Waals surface area contributed by atoms with E-state index in [-0.39, 0.29) is 17.3 Å². The predicted molar refractivity (Wildman–Crippen MR) is 71.9 cm³/mol. The van der Waals surface area contributed by atoms with E-state index in [1.807, 2.05) is 0 Å². The smallest absolute Gasteiger partial charge is 0.416 e. The number of aromatic hydroxyl groups is 1. The number of alkyl halides is 3. The lowest BCUT2D eigenvalue weighted by Crippen LogP contribution is -2.05. The largest absolute Gasteiger partial charge is 0.506 e. The van der Waals surface area contributed by atoms with Crippen molar-refractivity contribution in [1.82, 2.24) is 0 Å². The molecule has 0 aliphatic rings. The summed E-state index contributed by atoms with van der Waals surface area (Å²) in [6.07, 6.45) is -4.34. The Morgan fingerprint density at radius 1 is 1.05 bits per heavy atom. The molecule has 2 aromatic rings. The molecule has 0 bridgehead atoms. The molecule has 0 saturated heterocycles. The number of para-hydroxylation sites is 1. The highest BCUT2D eigenvalue weighted by molar-refractivity contribution is 6.32. The van der Waals surface area contributed by atoms with Gasteiger partial charge in [0.15, 0.2) is 0 Å². The fourth-order valence-corrected chi connectivity index (χ4v) is 1.87. The molecular weight excluding hydrogens is 291 g/mol. The van der Waals surface area contributed by atoms with Gasteiger partial charge in [-0.05, 0) is 30.3 Å².